The molecule has 1 saturated heterocycles. The Morgan fingerprint density at radius 3 is 2.67 bits per heavy atom. The zero-order valence-electron chi connectivity index (χ0n) is 20.8. The summed E-state index contributed by atoms with van der Waals surface area (Å²) in [5, 5.41) is 31.0. The van der Waals surface area contributed by atoms with E-state index >= 15 is 0 Å². The van der Waals surface area contributed by atoms with Gasteiger partial charge in [0.1, 0.15) is 29.1 Å². The quantitative estimate of drug-likeness (QED) is 0.0306. The Morgan fingerprint density at radius 2 is 2.05 bits per heavy atom. The van der Waals surface area contributed by atoms with Gasteiger partial charge >= 0.3 is 23.1 Å². The lowest BCUT2D eigenvalue weighted by atomic mass is 10.00. The first kappa shape index (κ1) is 30.2. The van der Waals surface area contributed by atoms with Gasteiger partial charge in [-0.15, -0.1) is 23.1 Å². The van der Waals surface area contributed by atoms with Crippen LogP contribution in [0.2, 0.25) is 0 Å². The number of nitrogens with two attached hydrogens (primary N) is 1. The summed E-state index contributed by atoms with van der Waals surface area (Å²) in [5.74, 6) is -4.72. The third kappa shape index (κ3) is 5.96. The minimum atomic E-state index is -1.46. The first-order valence-electron chi connectivity index (χ1n) is 11.4. The largest absolute Gasteiger partial charge is 0.479 e. The Morgan fingerprint density at radius 1 is 1.31 bits per heavy atom. The van der Waals surface area contributed by atoms with Crippen LogP contribution in [0.5, 0.6) is 0 Å². The second-order valence-electron chi connectivity index (χ2n) is 8.36. The summed E-state index contributed by atoms with van der Waals surface area (Å²) in [4.78, 5) is 93.4. The lowest BCUT2D eigenvalue weighted by Gasteiger charge is -2.49. The fourth-order valence-corrected chi connectivity index (χ4v) is 6.17. The second-order valence-corrected chi connectivity index (χ2v) is 10.8. The van der Waals surface area contributed by atoms with Gasteiger partial charge in [-0.05, 0) is 5.57 Å². The number of carboxylic acids is 2. The molecule has 4 rings (SSSR count). The first-order chi connectivity index (χ1) is 19.9. The van der Waals surface area contributed by atoms with Crippen LogP contribution in [0.3, 0.4) is 0 Å². The van der Waals surface area contributed by atoms with Crippen molar-refractivity contribution in [1.29, 1.82) is 0 Å². The minimum Gasteiger partial charge on any atom is -0.479 e. The monoisotopic (exact) mass is 638 g/mol. The fraction of sp³-hybridized carbons (Fsp3) is 0.286. The van der Waals surface area contributed by atoms with Crippen molar-refractivity contribution < 1.29 is 39.0 Å². The molecule has 42 heavy (non-hydrogen) atoms. The van der Waals surface area contributed by atoms with Crippen LogP contribution in [0.4, 0.5) is 5.13 Å². The molecule has 220 valence electrons. The molecular formula is C21H18N8O10S3. The molecule has 0 spiro atoms. The average molecular weight is 639 g/mol. The Bertz CT molecular complexity index is 1690. The number of anilines is 1. The van der Waals surface area contributed by atoms with Crippen molar-refractivity contribution >= 4 is 81.1 Å². The van der Waals surface area contributed by atoms with Crippen molar-refractivity contribution in [2.24, 2.45) is 5.16 Å². The highest BCUT2D eigenvalue weighted by Crippen LogP contribution is 2.41. The first-order valence-corrected chi connectivity index (χ1v) is 13.8. The van der Waals surface area contributed by atoms with E-state index in [0.29, 0.717) is 6.29 Å². The highest BCUT2D eigenvalue weighted by Gasteiger charge is 2.54. The van der Waals surface area contributed by atoms with Crippen molar-refractivity contribution in [3.63, 3.8) is 0 Å². The SMILES string of the molecule is Nc1nc(C(=NOCC(=O)O)C(=O)NC2C(=O)N3C(C(=O)O)=C(CC(=S)c4n[nH]c(=O)c(=O)n4CC=O)CSC23)cs1. The molecule has 2 aromatic rings. The molecule has 4 heterocycles. The fourth-order valence-electron chi connectivity index (χ4n) is 3.94. The number of nitrogen functional groups attached to an aromatic ring is 1. The van der Waals surface area contributed by atoms with E-state index in [0.717, 1.165) is 32.6 Å². The lowest BCUT2D eigenvalue weighted by molar-refractivity contribution is -0.150. The third-order valence-electron chi connectivity index (χ3n) is 5.70. The molecule has 0 saturated carbocycles. The van der Waals surface area contributed by atoms with Crippen LogP contribution < -0.4 is 22.2 Å². The van der Waals surface area contributed by atoms with Gasteiger partial charge in [0, 0.05) is 17.6 Å². The van der Waals surface area contributed by atoms with Gasteiger partial charge in [-0.3, -0.25) is 28.6 Å². The number of carbonyl (C=O) groups is 5. The number of carbonyl (C=O) groups excluding carboxylic acids is 3. The Labute approximate surface area is 246 Å². The van der Waals surface area contributed by atoms with E-state index in [-0.39, 0.29) is 39.3 Å². The molecular weight excluding hydrogens is 620 g/mol. The summed E-state index contributed by atoms with van der Waals surface area (Å²) in [6, 6.07) is -1.19. The number of aliphatic carboxylic acids is 2. The van der Waals surface area contributed by atoms with Gasteiger partial charge in [-0.25, -0.2) is 19.7 Å². The minimum absolute atomic E-state index is 0.0360. The van der Waals surface area contributed by atoms with Crippen molar-refractivity contribution in [1.82, 2.24) is 30.0 Å². The number of thioether (sulfide) groups is 1. The van der Waals surface area contributed by atoms with E-state index in [4.69, 9.17) is 23.1 Å². The van der Waals surface area contributed by atoms with Gasteiger partial charge < -0.3 is 30.9 Å². The van der Waals surface area contributed by atoms with Crippen LogP contribution in [0.1, 0.15) is 17.9 Å². The molecule has 0 radical (unpaired) electrons. The van der Waals surface area contributed by atoms with Gasteiger partial charge in [0.2, 0.25) is 6.61 Å². The predicted octanol–water partition coefficient (Wildman–Crippen LogP) is -2.48. The number of thiazole rings is 1. The maximum absolute atomic E-state index is 13.1. The Kier molecular flexibility index (Phi) is 8.92. The number of oxime groups is 1. The number of thiocarbonyl (C=S) groups is 1. The smallest absolute Gasteiger partial charge is 0.352 e. The summed E-state index contributed by atoms with van der Waals surface area (Å²) < 4.78 is 0.754. The van der Waals surface area contributed by atoms with Crippen molar-refractivity contribution in [3.8, 4) is 0 Å². The third-order valence-corrected chi connectivity index (χ3v) is 8.04. The molecule has 0 aliphatic carbocycles. The highest BCUT2D eigenvalue weighted by atomic mass is 32.2. The van der Waals surface area contributed by atoms with Gasteiger partial charge in [-0.1, -0.05) is 17.4 Å². The normalized spacial score (nSPS) is 18.1. The van der Waals surface area contributed by atoms with Gasteiger partial charge in [0.05, 0.1) is 11.4 Å². The number of amides is 2. The molecule has 1 fully saturated rings. The van der Waals surface area contributed by atoms with E-state index in [2.05, 4.69) is 25.4 Å². The van der Waals surface area contributed by atoms with Crippen LogP contribution in [-0.4, -0.2) is 99.3 Å². The number of β-lactam (4-membered cyclic amide) rings is 1. The van der Waals surface area contributed by atoms with Crippen molar-refractivity contribution in [2.75, 3.05) is 18.1 Å². The number of carboxylic acid groups (broad SMARTS) is 2. The number of nitrogens with zero attached hydrogens (tertiary/aromatic N) is 5. The summed E-state index contributed by atoms with van der Waals surface area (Å²) in [6.45, 7) is -1.37. The number of hydrogen-bond donors (Lipinski definition) is 5. The van der Waals surface area contributed by atoms with Crippen LogP contribution in [0.15, 0.2) is 31.4 Å². The zero-order chi connectivity index (χ0) is 30.7. The van der Waals surface area contributed by atoms with E-state index in [9.17, 15) is 38.7 Å². The topological polar surface area (TPSA) is 269 Å². The molecule has 0 aromatic carbocycles. The number of nitrogens with one attached hydrogen (secondary N) is 2. The van der Waals surface area contributed by atoms with Crippen LogP contribution in [0, 0.1) is 0 Å². The van der Waals surface area contributed by atoms with Gasteiger partial charge in [-0.2, -0.15) is 5.10 Å². The molecule has 6 N–H and O–H groups in total. The molecule has 2 aromatic heterocycles. The predicted molar refractivity (Wildman–Crippen MR) is 148 cm³/mol. The average Bonchev–Trinajstić information content (AvgIpc) is 3.37. The second kappa shape index (κ2) is 12.4. The number of fused-ring (bicyclic) bond motifs is 1. The van der Waals surface area contributed by atoms with Crippen LogP contribution in [-0.2, 0) is 35.4 Å². The van der Waals surface area contributed by atoms with Crippen LogP contribution >= 0.6 is 35.3 Å². The molecule has 18 nitrogen and oxygen atoms in total. The summed E-state index contributed by atoms with van der Waals surface area (Å²) in [6.07, 6.45) is 0.111. The molecule has 2 aliphatic rings. The number of aldehydes is 1. The molecule has 2 amide bonds. The molecule has 0 bridgehead atoms. The van der Waals surface area contributed by atoms with Gasteiger partial charge in [0.15, 0.2) is 16.7 Å². The van der Waals surface area contributed by atoms with Crippen molar-refractivity contribution in [2.45, 2.75) is 24.4 Å². The Balaban J connectivity index is 1.56. The van der Waals surface area contributed by atoms with E-state index in [1.807, 2.05) is 5.10 Å². The number of aromatic nitrogens is 4. The number of hydrogen-bond acceptors (Lipinski definition) is 15. The summed E-state index contributed by atoms with van der Waals surface area (Å²) >= 11 is 7.42. The maximum atomic E-state index is 13.1. The van der Waals surface area contributed by atoms with Gasteiger partial charge in [0.25, 0.3) is 11.8 Å². The van der Waals surface area contributed by atoms with E-state index in [1.54, 1.807) is 0 Å². The number of H-pyrrole nitrogens is 1. The van der Waals surface area contributed by atoms with E-state index < -0.39 is 70.8 Å². The van der Waals surface area contributed by atoms with Crippen molar-refractivity contribution in [3.05, 3.63) is 48.9 Å². The molecule has 2 aliphatic heterocycles. The highest BCUT2D eigenvalue weighted by molar-refractivity contribution is 8.00. The lowest BCUT2D eigenvalue weighted by Crippen LogP contribution is -2.71. The van der Waals surface area contributed by atoms with Crippen LogP contribution in [0.25, 0.3) is 0 Å². The zero-order valence-corrected chi connectivity index (χ0v) is 23.3. The van der Waals surface area contributed by atoms with E-state index in [1.165, 1.54) is 5.38 Å². The molecule has 21 heteroatoms. The summed E-state index contributed by atoms with van der Waals surface area (Å²) in [5.41, 5.74) is 2.76. The number of aromatic amines is 1. The molecule has 2 unspecified atom stereocenters. The molecule has 2 atom stereocenters. The summed E-state index contributed by atoms with van der Waals surface area (Å²) in [7, 11) is 0. The number of rotatable bonds is 12. The maximum Gasteiger partial charge on any atom is 0.352 e. The Hall–Kier alpha value is -4.76. The standard InChI is InChI=1S/C21H18N8O10S3/c22-21-23-8(6-42-21)11(27-39-4-10(31)32)15(33)24-12-17(35)29-13(20(37)38)7(5-41-19(12)29)3-9(40)14-25-26-16(34)18(36)28(14)1-2-30/h2,6,12,19H,1,3-5H2,(H2,22,23)(H,24,33)(H,26,34)(H,31,32)(H,37,38).